The number of carbonyl (C=O) groups is 3. The maximum atomic E-state index is 11.1. The molecule has 0 aliphatic rings. The fraction of sp³-hybridized carbons (Fsp3) is 0.400. The molecule has 1 aromatic rings. The largest absolute Gasteiger partial charge is 0.490 e. The standard InChI is InChI=1S/C13H19N3O3.C2HF3O2/c1-2-19-12(17)9-15-7-10-3-5-11(6-4-10)8-16-13(14)18;3-2(4,5)1(6)7/h3-6,15H,2,7-9H2,1H3,(H3,14,16,18);(H,6,7). The van der Waals surface area contributed by atoms with Gasteiger partial charge in [-0.05, 0) is 18.1 Å². The lowest BCUT2D eigenvalue weighted by Gasteiger charge is -2.06. The molecule has 0 radical (unpaired) electrons. The molecular weight excluding hydrogens is 359 g/mol. The van der Waals surface area contributed by atoms with E-state index in [1.165, 1.54) is 0 Å². The Bertz CT molecular complexity index is 591. The number of halogens is 3. The van der Waals surface area contributed by atoms with E-state index in [1.54, 1.807) is 6.92 Å². The van der Waals surface area contributed by atoms with Crippen molar-refractivity contribution in [2.45, 2.75) is 26.2 Å². The minimum absolute atomic E-state index is 0.193. The molecule has 0 fully saturated rings. The van der Waals surface area contributed by atoms with Crippen molar-refractivity contribution in [1.82, 2.24) is 10.6 Å². The number of carboxylic acids is 1. The summed E-state index contributed by atoms with van der Waals surface area (Å²) in [6.45, 7) is 3.35. The predicted octanol–water partition coefficient (Wildman–Crippen LogP) is 1.14. The van der Waals surface area contributed by atoms with Gasteiger partial charge in [0.15, 0.2) is 0 Å². The molecule has 0 heterocycles. The molecule has 146 valence electrons. The molecule has 2 amide bonds. The van der Waals surface area contributed by atoms with Crippen LogP contribution in [-0.2, 0) is 27.4 Å². The molecular formula is C15H20F3N3O5. The zero-order valence-corrected chi connectivity index (χ0v) is 13.9. The highest BCUT2D eigenvalue weighted by atomic mass is 19.4. The highest BCUT2D eigenvalue weighted by Gasteiger charge is 2.38. The Labute approximate surface area is 147 Å². The first kappa shape index (κ1) is 23.2. The van der Waals surface area contributed by atoms with Crippen molar-refractivity contribution in [2.24, 2.45) is 5.73 Å². The maximum Gasteiger partial charge on any atom is 0.490 e. The summed E-state index contributed by atoms with van der Waals surface area (Å²) in [6, 6.07) is 7.11. The molecule has 0 bridgehead atoms. The second kappa shape index (κ2) is 11.7. The number of carbonyl (C=O) groups excluding carboxylic acids is 2. The van der Waals surface area contributed by atoms with Crippen LogP contribution in [0.2, 0.25) is 0 Å². The highest BCUT2D eigenvalue weighted by molar-refractivity contribution is 5.73. The van der Waals surface area contributed by atoms with Gasteiger partial charge >= 0.3 is 24.1 Å². The van der Waals surface area contributed by atoms with Crippen molar-refractivity contribution in [3.05, 3.63) is 35.4 Å². The van der Waals surface area contributed by atoms with Gasteiger partial charge in [0.1, 0.15) is 0 Å². The van der Waals surface area contributed by atoms with Gasteiger partial charge in [-0.1, -0.05) is 24.3 Å². The molecule has 0 aromatic heterocycles. The van der Waals surface area contributed by atoms with E-state index in [9.17, 15) is 22.8 Å². The van der Waals surface area contributed by atoms with Gasteiger partial charge in [-0.3, -0.25) is 4.79 Å². The quantitative estimate of drug-likeness (QED) is 0.526. The van der Waals surface area contributed by atoms with Crippen LogP contribution in [0, 0.1) is 0 Å². The number of amides is 2. The number of rotatable bonds is 7. The van der Waals surface area contributed by atoms with Crippen LogP contribution in [0.4, 0.5) is 18.0 Å². The van der Waals surface area contributed by atoms with Crippen LogP contribution in [0.5, 0.6) is 0 Å². The van der Waals surface area contributed by atoms with E-state index in [2.05, 4.69) is 10.6 Å². The van der Waals surface area contributed by atoms with Gasteiger partial charge in [-0.15, -0.1) is 0 Å². The van der Waals surface area contributed by atoms with E-state index in [1.807, 2.05) is 24.3 Å². The van der Waals surface area contributed by atoms with Crippen molar-refractivity contribution in [3.8, 4) is 0 Å². The Morgan fingerprint density at radius 1 is 1.12 bits per heavy atom. The predicted molar refractivity (Wildman–Crippen MR) is 84.9 cm³/mol. The number of aliphatic carboxylic acids is 1. The zero-order chi connectivity index (χ0) is 20.2. The second-order valence-corrected chi connectivity index (χ2v) is 4.75. The lowest BCUT2D eigenvalue weighted by Crippen LogP contribution is -2.28. The van der Waals surface area contributed by atoms with Crippen LogP contribution < -0.4 is 16.4 Å². The van der Waals surface area contributed by atoms with Gasteiger partial charge < -0.3 is 26.2 Å². The van der Waals surface area contributed by atoms with Gasteiger partial charge in [0.2, 0.25) is 0 Å². The van der Waals surface area contributed by atoms with Gasteiger partial charge in [-0.25, -0.2) is 9.59 Å². The third-order valence-electron chi connectivity index (χ3n) is 2.64. The molecule has 8 nitrogen and oxygen atoms in total. The van der Waals surface area contributed by atoms with E-state index >= 15 is 0 Å². The Kier molecular flexibility index (Phi) is 10.4. The first-order valence-corrected chi connectivity index (χ1v) is 7.33. The number of hydrogen-bond donors (Lipinski definition) is 4. The van der Waals surface area contributed by atoms with E-state index in [0.717, 1.165) is 11.1 Å². The third-order valence-corrected chi connectivity index (χ3v) is 2.64. The number of benzene rings is 1. The molecule has 5 N–H and O–H groups in total. The smallest absolute Gasteiger partial charge is 0.475 e. The van der Waals surface area contributed by atoms with Crippen molar-refractivity contribution in [1.29, 1.82) is 0 Å². The first-order valence-electron chi connectivity index (χ1n) is 7.33. The molecule has 0 unspecified atom stereocenters. The molecule has 11 heteroatoms. The van der Waals surface area contributed by atoms with Crippen LogP contribution in [0.25, 0.3) is 0 Å². The summed E-state index contributed by atoms with van der Waals surface area (Å²) >= 11 is 0. The molecule has 26 heavy (non-hydrogen) atoms. The normalized spacial score (nSPS) is 10.3. The summed E-state index contributed by atoms with van der Waals surface area (Å²) in [4.78, 5) is 30.6. The first-order chi connectivity index (χ1) is 12.1. The summed E-state index contributed by atoms with van der Waals surface area (Å²) in [5.74, 6) is -3.02. The summed E-state index contributed by atoms with van der Waals surface area (Å²) in [5.41, 5.74) is 7.00. The minimum atomic E-state index is -5.08. The van der Waals surface area contributed by atoms with Gasteiger partial charge in [0, 0.05) is 13.1 Å². The highest BCUT2D eigenvalue weighted by Crippen LogP contribution is 2.13. The minimum Gasteiger partial charge on any atom is -0.475 e. The number of nitrogens with one attached hydrogen (secondary N) is 2. The van der Waals surface area contributed by atoms with E-state index in [0.29, 0.717) is 19.7 Å². The molecule has 0 aliphatic heterocycles. The number of primary amides is 1. The Morgan fingerprint density at radius 3 is 1.96 bits per heavy atom. The zero-order valence-electron chi connectivity index (χ0n) is 13.9. The van der Waals surface area contributed by atoms with Crippen molar-refractivity contribution >= 4 is 18.0 Å². The summed E-state index contributed by atoms with van der Waals surface area (Å²) in [5, 5.41) is 12.6. The summed E-state index contributed by atoms with van der Waals surface area (Å²) in [6.07, 6.45) is -5.08. The lowest BCUT2D eigenvalue weighted by molar-refractivity contribution is -0.192. The molecule has 0 aliphatic carbocycles. The molecule has 0 saturated carbocycles. The van der Waals surface area contributed by atoms with Crippen molar-refractivity contribution in [3.63, 3.8) is 0 Å². The molecule has 0 saturated heterocycles. The maximum absolute atomic E-state index is 11.1. The van der Waals surface area contributed by atoms with Gasteiger partial charge in [0.05, 0.1) is 13.2 Å². The number of carboxylic acid groups (broad SMARTS) is 1. The SMILES string of the molecule is CCOC(=O)CNCc1ccc(CNC(N)=O)cc1.O=C(O)C(F)(F)F. The summed E-state index contributed by atoms with van der Waals surface area (Å²) < 4.78 is 36.5. The van der Waals surface area contributed by atoms with Crippen LogP contribution >= 0.6 is 0 Å². The van der Waals surface area contributed by atoms with Crippen LogP contribution in [0.15, 0.2) is 24.3 Å². The number of hydrogen-bond acceptors (Lipinski definition) is 5. The molecule has 1 rings (SSSR count). The number of ether oxygens (including phenoxy) is 1. The molecule has 0 spiro atoms. The average Bonchev–Trinajstić information content (AvgIpc) is 2.54. The fourth-order valence-electron chi connectivity index (χ4n) is 1.49. The lowest BCUT2D eigenvalue weighted by atomic mass is 10.1. The van der Waals surface area contributed by atoms with E-state index in [-0.39, 0.29) is 12.5 Å². The average molecular weight is 379 g/mol. The fourth-order valence-corrected chi connectivity index (χ4v) is 1.49. The summed E-state index contributed by atoms with van der Waals surface area (Å²) in [7, 11) is 0. The van der Waals surface area contributed by atoms with E-state index in [4.69, 9.17) is 20.4 Å². The number of urea groups is 1. The van der Waals surface area contributed by atoms with Gasteiger partial charge in [-0.2, -0.15) is 13.2 Å². The van der Waals surface area contributed by atoms with Crippen molar-refractivity contribution in [2.75, 3.05) is 13.2 Å². The number of nitrogens with two attached hydrogens (primary N) is 1. The Morgan fingerprint density at radius 2 is 1.58 bits per heavy atom. The topological polar surface area (TPSA) is 131 Å². The number of alkyl halides is 3. The Balaban J connectivity index is 0.000000758. The number of esters is 1. The van der Waals surface area contributed by atoms with Crippen LogP contribution in [-0.4, -0.2) is 42.4 Å². The van der Waals surface area contributed by atoms with E-state index < -0.39 is 18.2 Å². The van der Waals surface area contributed by atoms with Crippen LogP contribution in [0.1, 0.15) is 18.1 Å². The van der Waals surface area contributed by atoms with Crippen LogP contribution in [0.3, 0.4) is 0 Å². The molecule has 0 atom stereocenters. The molecule has 1 aromatic carbocycles. The Hall–Kier alpha value is -2.82. The second-order valence-electron chi connectivity index (χ2n) is 4.75. The van der Waals surface area contributed by atoms with Crippen molar-refractivity contribution < 1.29 is 37.4 Å². The third kappa shape index (κ3) is 11.7. The van der Waals surface area contributed by atoms with Gasteiger partial charge in [0.25, 0.3) is 0 Å². The monoisotopic (exact) mass is 379 g/mol.